The van der Waals surface area contributed by atoms with Gasteiger partial charge in [-0.1, -0.05) is 26.0 Å². The Bertz CT molecular complexity index is 1590. The van der Waals surface area contributed by atoms with Crippen LogP contribution in [0, 0.1) is 52.4 Å². The molecule has 2 aliphatic heterocycles. The van der Waals surface area contributed by atoms with E-state index < -0.39 is 0 Å². The highest BCUT2D eigenvalue weighted by Gasteiger charge is 2.48. The summed E-state index contributed by atoms with van der Waals surface area (Å²) in [5, 5.41) is 9.48. The number of hydrogen-bond donors (Lipinski definition) is 0. The van der Waals surface area contributed by atoms with Crippen LogP contribution in [0.15, 0.2) is 36.7 Å². The number of benzene rings is 2. The van der Waals surface area contributed by atoms with E-state index in [1.165, 1.54) is 50.9 Å². The van der Waals surface area contributed by atoms with Gasteiger partial charge in [-0.15, -0.1) is 0 Å². The van der Waals surface area contributed by atoms with Crippen molar-refractivity contribution in [2.45, 2.75) is 88.0 Å². The molecule has 0 aliphatic carbocycles. The van der Waals surface area contributed by atoms with Crippen LogP contribution in [-0.2, 0) is 26.2 Å². The minimum absolute atomic E-state index is 0.228. The third kappa shape index (κ3) is 6.86. The Morgan fingerprint density at radius 2 is 0.979 bits per heavy atom. The number of nitrogens with zero attached hydrogens (tertiary/aromatic N) is 6. The van der Waals surface area contributed by atoms with E-state index in [2.05, 4.69) is 102 Å². The molecule has 252 valence electrons. The number of ether oxygens (including phenoxy) is 2. The van der Waals surface area contributed by atoms with Gasteiger partial charge in [-0.05, 0) is 104 Å². The second-order valence-corrected chi connectivity index (χ2v) is 15.3. The molecule has 2 bridgehead atoms. The average Bonchev–Trinajstić information content (AvgIpc) is 3.49. The van der Waals surface area contributed by atoms with E-state index in [-0.39, 0.29) is 10.8 Å². The summed E-state index contributed by atoms with van der Waals surface area (Å²) in [6.07, 6.45) is 5.54. The van der Waals surface area contributed by atoms with Crippen LogP contribution in [0.4, 0.5) is 0 Å². The van der Waals surface area contributed by atoms with Crippen molar-refractivity contribution in [2.75, 3.05) is 40.4 Å². The first-order valence-electron chi connectivity index (χ1n) is 17.1. The van der Waals surface area contributed by atoms with Gasteiger partial charge in [0.05, 0.1) is 38.7 Å². The monoisotopic (exact) mass is 638 g/mol. The maximum absolute atomic E-state index is 5.83. The molecule has 0 amide bonds. The van der Waals surface area contributed by atoms with Crippen LogP contribution in [0.3, 0.4) is 0 Å². The first-order valence-corrected chi connectivity index (χ1v) is 17.1. The highest BCUT2D eigenvalue weighted by molar-refractivity contribution is 5.46. The molecule has 0 unspecified atom stereocenters. The normalized spacial score (nSPS) is 21.7. The molecule has 8 heteroatoms. The molecule has 6 rings (SSSR count). The van der Waals surface area contributed by atoms with Crippen molar-refractivity contribution in [1.82, 2.24) is 29.4 Å². The number of fused-ring (bicyclic) bond motifs is 2. The SMILES string of the molecule is COc1ccc(CN2CC3(C)CN(Cc4ccc(OC)c(Cn5cc(C)c(C)n5)c4C)CC(C)(C2)C3)c(C)c1Cn1cc(C)c(C)n1. The van der Waals surface area contributed by atoms with Gasteiger partial charge in [0.25, 0.3) is 0 Å². The first-order chi connectivity index (χ1) is 22.3. The van der Waals surface area contributed by atoms with Crippen molar-refractivity contribution >= 4 is 0 Å². The second kappa shape index (κ2) is 12.8. The van der Waals surface area contributed by atoms with E-state index in [0.29, 0.717) is 0 Å². The van der Waals surface area contributed by atoms with Gasteiger partial charge in [0.15, 0.2) is 0 Å². The van der Waals surface area contributed by atoms with E-state index in [1.807, 2.05) is 9.36 Å². The summed E-state index contributed by atoms with van der Waals surface area (Å²) >= 11 is 0. The van der Waals surface area contributed by atoms with Crippen LogP contribution in [0.5, 0.6) is 11.5 Å². The summed E-state index contributed by atoms with van der Waals surface area (Å²) in [5.41, 5.74) is 12.9. The van der Waals surface area contributed by atoms with Crippen LogP contribution >= 0.6 is 0 Å². The molecule has 2 aliphatic rings. The Hall–Kier alpha value is -3.62. The maximum atomic E-state index is 5.83. The standard InChI is InChI=1S/C39H54N6O2/c1-26-15-44(40-30(26)5)19-34-28(3)32(11-13-36(34)46-9)17-42-22-38(7)21-39(8,23-42)25-43(24-38)18-33-12-14-37(47-10)35(29(33)4)20-45-16-27(2)31(6)41-45/h11-16H,17-25H2,1-10H3. The molecule has 0 spiro atoms. The number of likely N-dealkylation sites (tertiary alicyclic amines) is 2. The molecule has 2 fully saturated rings. The second-order valence-electron chi connectivity index (χ2n) is 15.3. The molecule has 0 radical (unpaired) electrons. The minimum atomic E-state index is 0.228. The topological polar surface area (TPSA) is 60.6 Å². The van der Waals surface area contributed by atoms with Gasteiger partial charge in [0.2, 0.25) is 0 Å². The highest BCUT2D eigenvalue weighted by Crippen LogP contribution is 2.46. The Morgan fingerprint density at radius 3 is 1.30 bits per heavy atom. The summed E-state index contributed by atoms with van der Waals surface area (Å²) in [6.45, 7) is 25.7. The Morgan fingerprint density at radius 1 is 0.596 bits per heavy atom. The summed E-state index contributed by atoms with van der Waals surface area (Å²) in [6, 6.07) is 8.84. The summed E-state index contributed by atoms with van der Waals surface area (Å²) in [5.74, 6) is 1.88. The van der Waals surface area contributed by atoms with Gasteiger partial charge in [-0.25, -0.2) is 0 Å². The molecule has 4 aromatic rings. The van der Waals surface area contributed by atoms with Gasteiger partial charge in [0, 0.05) is 62.8 Å². The van der Waals surface area contributed by atoms with E-state index in [4.69, 9.17) is 19.7 Å². The minimum Gasteiger partial charge on any atom is -0.496 e. The van der Waals surface area contributed by atoms with E-state index in [1.54, 1.807) is 14.2 Å². The lowest BCUT2D eigenvalue weighted by molar-refractivity contribution is -0.0792. The maximum Gasteiger partial charge on any atom is 0.124 e. The lowest BCUT2D eigenvalue weighted by Gasteiger charge is -2.57. The van der Waals surface area contributed by atoms with Crippen LogP contribution in [0.2, 0.25) is 0 Å². The van der Waals surface area contributed by atoms with E-state index in [0.717, 1.165) is 75.2 Å². The molecular weight excluding hydrogens is 584 g/mol. The first kappa shape index (κ1) is 33.3. The zero-order chi connectivity index (χ0) is 33.7. The molecule has 0 saturated carbocycles. The number of piperidine rings is 2. The number of hydrogen-bond acceptors (Lipinski definition) is 6. The van der Waals surface area contributed by atoms with Crippen LogP contribution in [0.1, 0.15) is 76.2 Å². The molecular formula is C39H54N6O2. The molecule has 8 nitrogen and oxygen atoms in total. The zero-order valence-corrected chi connectivity index (χ0v) is 30.3. The largest absolute Gasteiger partial charge is 0.496 e. The summed E-state index contributed by atoms with van der Waals surface area (Å²) in [7, 11) is 3.54. The quantitative estimate of drug-likeness (QED) is 0.191. The predicted molar refractivity (Wildman–Crippen MR) is 188 cm³/mol. The fraction of sp³-hybridized carbons (Fsp3) is 0.538. The molecule has 4 heterocycles. The smallest absolute Gasteiger partial charge is 0.124 e. The number of aryl methyl sites for hydroxylation is 4. The molecule has 47 heavy (non-hydrogen) atoms. The average molecular weight is 639 g/mol. The third-order valence-corrected chi connectivity index (χ3v) is 10.9. The Balaban J connectivity index is 1.18. The van der Waals surface area contributed by atoms with Crippen LogP contribution in [0.25, 0.3) is 0 Å². The van der Waals surface area contributed by atoms with Crippen molar-refractivity contribution in [3.05, 3.63) is 92.6 Å². The van der Waals surface area contributed by atoms with Crippen molar-refractivity contribution in [3.8, 4) is 11.5 Å². The predicted octanol–water partition coefficient (Wildman–Crippen LogP) is 6.78. The fourth-order valence-electron chi connectivity index (χ4n) is 8.73. The van der Waals surface area contributed by atoms with Crippen LogP contribution in [-0.4, -0.2) is 69.8 Å². The van der Waals surface area contributed by atoms with Gasteiger partial charge >= 0.3 is 0 Å². The third-order valence-electron chi connectivity index (χ3n) is 10.9. The van der Waals surface area contributed by atoms with E-state index in [9.17, 15) is 0 Å². The highest BCUT2D eigenvalue weighted by atomic mass is 16.5. The van der Waals surface area contributed by atoms with Crippen molar-refractivity contribution in [3.63, 3.8) is 0 Å². The summed E-state index contributed by atoms with van der Waals surface area (Å²) < 4.78 is 15.8. The van der Waals surface area contributed by atoms with Gasteiger partial charge in [-0.2, -0.15) is 10.2 Å². The molecule has 2 aromatic carbocycles. The van der Waals surface area contributed by atoms with Crippen molar-refractivity contribution in [1.29, 1.82) is 0 Å². The lowest BCUT2D eigenvalue weighted by Crippen LogP contribution is -2.61. The number of aromatic nitrogens is 4. The Labute approximate surface area is 281 Å². The van der Waals surface area contributed by atoms with E-state index >= 15 is 0 Å². The molecule has 0 atom stereocenters. The fourth-order valence-corrected chi connectivity index (χ4v) is 8.73. The van der Waals surface area contributed by atoms with Gasteiger partial charge < -0.3 is 9.47 Å². The van der Waals surface area contributed by atoms with Crippen molar-refractivity contribution in [2.24, 2.45) is 10.8 Å². The Kier molecular flexibility index (Phi) is 9.05. The molecule has 2 aromatic heterocycles. The van der Waals surface area contributed by atoms with Crippen molar-refractivity contribution < 1.29 is 9.47 Å². The van der Waals surface area contributed by atoms with Gasteiger partial charge in [0.1, 0.15) is 11.5 Å². The molecule has 2 saturated heterocycles. The molecule has 0 N–H and O–H groups in total. The number of rotatable bonds is 10. The summed E-state index contributed by atoms with van der Waals surface area (Å²) in [4.78, 5) is 5.43. The zero-order valence-electron chi connectivity index (χ0n) is 30.3. The number of methoxy groups -OCH3 is 2. The van der Waals surface area contributed by atoms with Gasteiger partial charge in [-0.3, -0.25) is 19.2 Å². The van der Waals surface area contributed by atoms with Crippen LogP contribution < -0.4 is 9.47 Å². The lowest BCUT2D eigenvalue weighted by atomic mass is 9.65.